The van der Waals surface area contributed by atoms with Gasteiger partial charge in [-0.3, -0.25) is 4.52 Å². The first-order valence-electron chi connectivity index (χ1n) is 4.73. The SMILES string of the molecule is COP(=O)(N[C@@H](C)C=O)Oc1ccccc1. The Bertz CT molecular complexity index is 382. The molecule has 1 N–H and O–H groups in total. The van der Waals surface area contributed by atoms with Gasteiger partial charge in [-0.15, -0.1) is 0 Å². The average molecular weight is 243 g/mol. The standard InChI is InChI=1S/C10H14NO4P/c1-9(8-12)11-16(13,14-2)15-10-6-4-3-5-7-10/h3-9H,1-2H3,(H,11,13)/t9-,16?/m0/s1. The van der Waals surface area contributed by atoms with Crippen LogP contribution in [0.5, 0.6) is 5.75 Å². The van der Waals surface area contributed by atoms with Crippen LogP contribution in [0, 0.1) is 0 Å². The van der Waals surface area contributed by atoms with Gasteiger partial charge in [0.1, 0.15) is 12.0 Å². The van der Waals surface area contributed by atoms with E-state index in [1.54, 1.807) is 31.2 Å². The fourth-order valence-corrected chi connectivity index (χ4v) is 2.21. The Labute approximate surface area is 94.3 Å². The van der Waals surface area contributed by atoms with Crippen LogP contribution in [-0.4, -0.2) is 19.4 Å². The van der Waals surface area contributed by atoms with Gasteiger partial charge in [0.25, 0.3) is 0 Å². The van der Waals surface area contributed by atoms with Crippen LogP contribution in [-0.2, 0) is 13.9 Å². The summed E-state index contributed by atoms with van der Waals surface area (Å²) >= 11 is 0. The zero-order chi connectivity index (χ0) is 12.0. The van der Waals surface area contributed by atoms with E-state index in [0.29, 0.717) is 12.0 Å². The number of rotatable bonds is 6. The Hall–Kier alpha value is -1.16. The highest BCUT2D eigenvalue weighted by atomic mass is 31.2. The van der Waals surface area contributed by atoms with Crippen molar-refractivity contribution in [1.82, 2.24) is 5.09 Å². The van der Waals surface area contributed by atoms with Crippen molar-refractivity contribution >= 4 is 14.0 Å². The number of benzene rings is 1. The second-order valence-corrected chi connectivity index (χ2v) is 4.94. The van der Waals surface area contributed by atoms with E-state index in [1.165, 1.54) is 7.11 Å². The fraction of sp³-hybridized carbons (Fsp3) is 0.300. The molecule has 88 valence electrons. The predicted octanol–water partition coefficient (Wildman–Crippen LogP) is 2.00. The van der Waals surface area contributed by atoms with Crippen molar-refractivity contribution in [2.75, 3.05) is 7.11 Å². The fourth-order valence-electron chi connectivity index (χ4n) is 1.02. The lowest BCUT2D eigenvalue weighted by atomic mass is 10.3. The molecule has 1 unspecified atom stereocenters. The number of aldehydes is 1. The van der Waals surface area contributed by atoms with E-state index in [9.17, 15) is 9.36 Å². The predicted molar refractivity (Wildman–Crippen MR) is 60.3 cm³/mol. The molecule has 0 spiro atoms. The third-order valence-electron chi connectivity index (χ3n) is 1.78. The summed E-state index contributed by atoms with van der Waals surface area (Å²) in [7, 11) is -2.22. The largest absolute Gasteiger partial charge is 0.459 e. The first-order valence-corrected chi connectivity index (χ1v) is 6.27. The summed E-state index contributed by atoms with van der Waals surface area (Å²) in [6.07, 6.45) is 0.625. The molecule has 0 radical (unpaired) electrons. The highest BCUT2D eigenvalue weighted by molar-refractivity contribution is 7.52. The number of para-hydroxylation sites is 1. The zero-order valence-electron chi connectivity index (χ0n) is 9.12. The number of hydrogen-bond acceptors (Lipinski definition) is 4. The molecule has 0 aliphatic heterocycles. The molecule has 0 aliphatic rings. The molecule has 2 atom stereocenters. The Morgan fingerprint density at radius 2 is 2.00 bits per heavy atom. The first-order chi connectivity index (χ1) is 7.59. The Kier molecular flexibility index (Phi) is 4.68. The minimum Gasteiger partial charge on any atom is -0.413 e. The zero-order valence-corrected chi connectivity index (χ0v) is 10.0. The lowest BCUT2D eigenvalue weighted by molar-refractivity contribution is -0.109. The summed E-state index contributed by atoms with van der Waals surface area (Å²) in [5.74, 6) is 0.415. The maximum atomic E-state index is 12.0. The second kappa shape index (κ2) is 5.80. The molecule has 0 aliphatic carbocycles. The molecule has 1 aromatic rings. The highest BCUT2D eigenvalue weighted by Gasteiger charge is 2.26. The molecular weight excluding hydrogens is 229 g/mol. The molecule has 0 amide bonds. The van der Waals surface area contributed by atoms with Gasteiger partial charge in [0.2, 0.25) is 0 Å². The van der Waals surface area contributed by atoms with Crippen LogP contribution in [0.1, 0.15) is 6.92 Å². The minimum atomic E-state index is -3.48. The van der Waals surface area contributed by atoms with Gasteiger partial charge in [-0.05, 0) is 19.1 Å². The van der Waals surface area contributed by atoms with Crippen molar-refractivity contribution in [2.45, 2.75) is 13.0 Å². The third-order valence-corrected chi connectivity index (χ3v) is 3.43. The molecule has 6 heteroatoms. The number of carbonyl (C=O) groups excluding carboxylic acids is 1. The number of hydrogen-bond donors (Lipinski definition) is 1. The van der Waals surface area contributed by atoms with E-state index in [1.807, 2.05) is 6.07 Å². The summed E-state index contributed by atoms with van der Waals surface area (Å²) in [4.78, 5) is 10.5. The van der Waals surface area contributed by atoms with Crippen LogP contribution in [0.2, 0.25) is 0 Å². The first kappa shape index (κ1) is 12.9. The summed E-state index contributed by atoms with van der Waals surface area (Å²) < 4.78 is 22.0. The van der Waals surface area contributed by atoms with Crippen LogP contribution in [0.4, 0.5) is 0 Å². The second-order valence-electron chi connectivity index (χ2n) is 3.14. The Balaban J connectivity index is 2.74. The van der Waals surface area contributed by atoms with E-state index >= 15 is 0 Å². The van der Waals surface area contributed by atoms with E-state index in [4.69, 9.17) is 9.05 Å². The molecule has 0 aromatic heterocycles. The monoisotopic (exact) mass is 243 g/mol. The molecule has 0 heterocycles. The molecular formula is C10H14NO4P. The van der Waals surface area contributed by atoms with E-state index < -0.39 is 13.8 Å². The van der Waals surface area contributed by atoms with Crippen molar-refractivity contribution in [3.8, 4) is 5.75 Å². The van der Waals surface area contributed by atoms with Gasteiger partial charge in [0, 0.05) is 7.11 Å². The van der Waals surface area contributed by atoms with Gasteiger partial charge in [-0.1, -0.05) is 18.2 Å². The molecule has 0 saturated carbocycles. The molecule has 16 heavy (non-hydrogen) atoms. The molecule has 1 rings (SSSR count). The number of nitrogens with one attached hydrogen (secondary N) is 1. The van der Waals surface area contributed by atoms with Gasteiger partial charge in [0.05, 0.1) is 6.04 Å². The Morgan fingerprint density at radius 1 is 1.38 bits per heavy atom. The van der Waals surface area contributed by atoms with Gasteiger partial charge < -0.3 is 9.32 Å². The highest BCUT2D eigenvalue weighted by Crippen LogP contribution is 2.43. The quantitative estimate of drug-likeness (QED) is 0.611. The maximum absolute atomic E-state index is 12.0. The lowest BCUT2D eigenvalue weighted by Gasteiger charge is -2.19. The van der Waals surface area contributed by atoms with Crippen LogP contribution in [0.15, 0.2) is 30.3 Å². The maximum Gasteiger partial charge on any atom is 0.459 e. The number of carbonyl (C=O) groups is 1. The summed E-state index contributed by atoms with van der Waals surface area (Å²) in [6, 6.07) is 8.01. The minimum absolute atomic E-state index is 0.415. The topological polar surface area (TPSA) is 64.6 Å². The van der Waals surface area contributed by atoms with Gasteiger partial charge in [-0.25, -0.2) is 9.65 Å². The molecule has 0 bridgehead atoms. The summed E-state index contributed by atoms with van der Waals surface area (Å²) in [5.41, 5.74) is 0. The Morgan fingerprint density at radius 3 is 2.50 bits per heavy atom. The van der Waals surface area contributed by atoms with Crippen LogP contribution < -0.4 is 9.61 Å². The molecule has 1 aromatic carbocycles. The smallest absolute Gasteiger partial charge is 0.413 e. The van der Waals surface area contributed by atoms with Gasteiger partial charge in [-0.2, -0.15) is 0 Å². The van der Waals surface area contributed by atoms with Gasteiger partial charge in [0.15, 0.2) is 0 Å². The molecule has 0 fully saturated rings. The summed E-state index contributed by atoms with van der Waals surface area (Å²) in [6.45, 7) is 1.56. The summed E-state index contributed by atoms with van der Waals surface area (Å²) in [5, 5.41) is 2.48. The van der Waals surface area contributed by atoms with E-state index in [2.05, 4.69) is 5.09 Å². The van der Waals surface area contributed by atoms with Crippen LogP contribution in [0.25, 0.3) is 0 Å². The average Bonchev–Trinajstić information content (AvgIpc) is 2.30. The molecule has 0 saturated heterocycles. The van der Waals surface area contributed by atoms with E-state index in [0.717, 1.165) is 0 Å². The van der Waals surface area contributed by atoms with Crippen molar-refractivity contribution in [3.05, 3.63) is 30.3 Å². The third kappa shape index (κ3) is 3.77. The molecule has 5 nitrogen and oxygen atoms in total. The van der Waals surface area contributed by atoms with Crippen LogP contribution in [0.3, 0.4) is 0 Å². The van der Waals surface area contributed by atoms with Crippen molar-refractivity contribution in [2.24, 2.45) is 0 Å². The lowest BCUT2D eigenvalue weighted by Crippen LogP contribution is -2.27. The van der Waals surface area contributed by atoms with E-state index in [-0.39, 0.29) is 0 Å². The van der Waals surface area contributed by atoms with Crippen molar-refractivity contribution < 1.29 is 18.4 Å². The van der Waals surface area contributed by atoms with Crippen LogP contribution >= 0.6 is 7.75 Å². The van der Waals surface area contributed by atoms with Crippen molar-refractivity contribution in [1.29, 1.82) is 0 Å². The van der Waals surface area contributed by atoms with Crippen molar-refractivity contribution in [3.63, 3.8) is 0 Å². The van der Waals surface area contributed by atoms with Gasteiger partial charge >= 0.3 is 7.75 Å². The normalized spacial score (nSPS) is 16.1.